The van der Waals surface area contributed by atoms with Gasteiger partial charge >= 0.3 is 0 Å². The molecule has 0 N–H and O–H groups in total. The zero-order chi connectivity index (χ0) is 19.4. The van der Waals surface area contributed by atoms with Gasteiger partial charge in [-0.3, -0.25) is 4.79 Å². The average molecular weight is 371 g/mol. The summed E-state index contributed by atoms with van der Waals surface area (Å²) >= 11 is 0. The van der Waals surface area contributed by atoms with Crippen molar-refractivity contribution in [1.82, 2.24) is 9.97 Å². The highest BCUT2D eigenvalue weighted by Gasteiger charge is 2.42. The molecule has 5 nitrogen and oxygen atoms in total. The minimum atomic E-state index is -0.469. The van der Waals surface area contributed by atoms with Crippen LogP contribution in [0.25, 0.3) is 0 Å². The summed E-state index contributed by atoms with van der Waals surface area (Å²) in [6, 6.07) is 3.94. The molecule has 0 unspecified atom stereocenters. The van der Waals surface area contributed by atoms with E-state index in [4.69, 9.17) is 4.74 Å². The topological polar surface area (TPSA) is 55.3 Å². The molecule has 144 valence electrons. The second-order valence-corrected chi connectivity index (χ2v) is 7.37. The SMILES string of the molecule is CCCC1(CCC)CN(c2ncncc2Oc2ccc(F)cc2C(C)=O)C1. The third kappa shape index (κ3) is 4.10. The van der Waals surface area contributed by atoms with Gasteiger partial charge in [0.2, 0.25) is 0 Å². The van der Waals surface area contributed by atoms with E-state index >= 15 is 0 Å². The van der Waals surface area contributed by atoms with Crippen molar-refractivity contribution in [2.45, 2.75) is 46.5 Å². The van der Waals surface area contributed by atoms with Gasteiger partial charge in [0.05, 0.1) is 11.8 Å². The number of hydrogen-bond donors (Lipinski definition) is 0. The molecule has 6 heteroatoms. The Bertz CT molecular complexity index is 811. The fourth-order valence-corrected chi connectivity index (χ4v) is 4.02. The largest absolute Gasteiger partial charge is 0.451 e. The summed E-state index contributed by atoms with van der Waals surface area (Å²) in [7, 11) is 0. The third-order valence-corrected chi connectivity index (χ3v) is 5.11. The van der Waals surface area contributed by atoms with Gasteiger partial charge in [-0.2, -0.15) is 0 Å². The van der Waals surface area contributed by atoms with Gasteiger partial charge < -0.3 is 9.64 Å². The molecule has 1 aliphatic rings. The molecule has 0 spiro atoms. The predicted molar refractivity (Wildman–Crippen MR) is 103 cm³/mol. The summed E-state index contributed by atoms with van der Waals surface area (Å²) in [5.41, 5.74) is 0.548. The van der Waals surface area contributed by atoms with Crippen LogP contribution in [0, 0.1) is 11.2 Å². The van der Waals surface area contributed by atoms with E-state index in [2.05, 4.69) is 28.7 Å². The van der Waals surface area contributed by atoms with Gasteiger partial charge in [-0.05, 0) is 38.0 Å². The van der Waals surface area contributed by atoms with E-state index in [1.807, 2.05) is 0 Å². The summed E-state index contributed by atoms with van der Waals surface area (Å²) in [4.78, 5) is 22.5. The molecule has 1 fully saturated rings. The van der Waals surface area contributed by atoms with Crippen LogP contribution in [0.15, 0.2) is 30.7 Å². The minimum Gasteiger partial charge on any atom is -0.451 e. The first-order valence-corrected chi connectivity index (χ1v) is 9.51. The first-order valence-electron chi connectivity index (χ1n) is 9.51. The van der Waals surface area contributed by atoms with E-state index in [0.717, 1.165) is 13.1 Å². The Morgan fingerprint density at radius 3 is 2.56 bits per heavy atom. The highest BCUT2D eigenvalue weighted by Crippen LogP contribution is 2.44. The lowest BCUT2D eigenvalue weighted by Gasteiger charge is -2.51. The molecular formula is C21H26FN3O2. The number of carbonyl (C=O) groups excluding carboxylic acids is 1. The van der Waals surface area contributed by atoms with Crippen LogP contribution in [0.1, 0.15) is 56.8 Å². The summed E-state index contributed by atoms with van der Waals surface area (Å²) in [5.74, 6) is 0.786. The molecule has 0 amide bonds. The predicted octanol–water partition coefficient (Wildman–Crippen LogP) is 5.02. The number of halogens is 1. The molecule has 0 aliphatic carbocycles. The molecular weight excluding hydrogens is 345 g/mol. The molecule has 0 radical (unpaired) electrons. The first-order chi connectivity index (χ1) is 13.0. The van der Waals surface area contributed by atoms with Crippen LogP contribution in [-0.2, 0) is 0 Å². The smallest absolute Gasteiger partial charge is 0.188 e. The molecule has 27 heavy (non-hydrogen) atoms. The van der Waals surface area contributed by atoms with Crippen molar-refractivity contribution < 1.29 is 13.9 Å². The van der Waals surface area contributed by atoms with Gasteiger partial charge in [-0.25, -0.2) is 14.4 Å². The Labute approximate surface area is 159 Å². The zero-order valence-corrected chi connectivity index (χ0v) is 16.2. The van der Waals surface area contributed by atoms with Gasteiger partial charge in [0, 0.05) is 18.5 Å². The number of aromatic nitrogens is 2. The van der Waals surface area contributed by atoms with Gasteiger partial charge in [0.25, 0.3) is 0 Å². The van der Waals surface area contributed by atoms with Crippen LogP contribution in [0.5, 0.6) is 11.5 Å². The lowest BCUT2D eigenvalue weighted by molar-refractivity contribution is 0.101. The number of ether oxygens (including phenoxy) is 1. The highest BCUT2D eigenvalue weighted by molar-refractivity contribution is 5.96. The van der Waals surface area contributed by atoms with Crippen molar-refractivity contribution in [3.63, 3.8) is 0 Å². The van der Waals surface area contributed by atoms with Gasteiger partial charge in [0.1, 0.15) is 17.9 Å². The lowest BCUT2D eigenvalue weighted by Crippen LogP contribution is -2.56. The summed E-state index contributed by atoms with van der Waals surface area (Å²) < 4.78 is 19.5. The number of ketones is 1. The Hall–Kier alpha value is -2.50. The Morgan fingerprint density at radius 1 is 1.22 bits per heavy atom. The monoisotopic (exact) mass is 371 g/mol. The van der Waals surface area contributed by atoms with E-state index < -0.39 is 5.82 Å². The maximum absolute atomic E-state index is 13.5. The molecule has 0 saturated carbocycles. The number of hydrogen-bond acceptors (Lipinski definition) is 5. The molecule has 3 rings (SSSR count). The number of Topliss-reactive ketones (excluding diaryl/α,β-unsaturated/α-hetero) is 1. The van der Waals surface area contributed by atoms with Crippen LogP contribution >= 0.6 is 0 Å². The molecule has 0 bridgehead atoms. The van der Waals surface area contributed by atoms with Gasteiger partial charge in [0.15, 0.2) is 17.4 Å². The Morgan fingerprint density at radius 2 is 1.93 bits per heavy atom. The van der Waals surface area contributed by atoms with Crippen LogP contribution in [0.4, 0.5) is 10.2 Å². The second kappa shape index (κ2) is 8.03. The quantitative estimate of drug-likeness (QED) is 0.610. The molecule has 1 saturated heterocycles. The number of nitrogens with zero attached hydrogens (tertiary/aromatic N) is 3. The van der Waals surface area contributed by atoms with E-state index in [1.54, 1.807) is 6.20 Å². The van der Waals surface area contributed by atoms with Crippen LogP contribution in [0.2, 0.25) is 0 Å². The molecule has 1 aromatic carbocycles. The summed E-state index contributed by atoms with van der Waals surface area (Å²) in [6.07, 6.45) is 7.82. The Balaban J connectivity index is 1.83. The molecule has 1 aliphatic heterocycles. The average Bonchev–Trinajstić information content (AvgIpc) is 2.61. The number of anilines is 1. The first kappa shape index (κ1) is 19.3. The van der Waals surface area contributed by atoms with E-state index in [-0.39, 0.29) is 11.3 Å². The Kier molecular flexibility index (Phi) is 5.73. The fourth-order valence-electron chi connectivity index (χ4n) is 4.02. The van der Waals surface area contributed by atoms with Crippen LogP contribution in [-0.4, -0.2) is 28.8 Å². The van der Waals surface area contributed by atoms with Gasteiger partial charge in [-0.1, -0.05) is 26.7 Å². The van der Waals surface area contributed by atoms with E-state index in [0.29, 0.717) is 22.7 Å². The maximum Gasteiger partial charge on any atom is 0.188 e. The summed E-state index contributed by atoms with van der Waals surface area (Å²) in [6.45, 7) is 7.70. The van der Waals surface area contributed by atoms with Crippen molar-refractivity contribution in [2.24, 2.45) is 5.41 Å². The van der Waals surface area contributed by atoms with Crippen molar-refractivity contribution in [3.8, 4) is 11.5 Å². The molecule has 2 heterocycles. The number of carbonyl (C=O) groups is 1. The normalized spacial score (nSPS) is 15.3. The van der Waals surface area contributed by atoms with Crippen LogP contribution in [0.3, 0.4) is 0 Å². The number of benzene rings is 1. The van der Waals surface area contributed by atoms with Crippen LogP contribution < -0.4 is 9.64 Å². The third-order valence-electron chi connectivity index (χ3n) is 5.11. The van der Waals surface area contributed by atoms with Gasteiger partial charge in [-0.15, -0.1) is 0 Å². The fraction of sp³-hybridized carbons (Fsp3) is 0.476. The standard InChI is InChI=1S/C21H26FN3O2/c1-4-8-21(9-5-2)12-25(13-21)20-19(11-23-14-24-20)27-18-7-6-16(22)10-17(18)15(3)26/h6-7,10-11,14H,4-5,8-9,12-13H2,1-3H3. The van der Waals surface area contributed by atoms with E-state index in [1.165, 1.54) is 57.1 Å². The zero-order valence-electron chi connectivity index (χ0n) is 16.2. The van der Waals surface area contributed by atoms with Crippen molar-refractivity contribution in [2.75, 3.05) is 18.0 Å². The maximum atomic E-state index is 13.5. The molecule has 0 atom stereocenters. The molecule has 2 aromatic rings. The highest BCUT2D eigenvalue weighted by atomic mass is 19.1. The summed E-state index contributed by atoms with van der Waals surface area (Å²) in [5, 5.41) is 0. The second-order valence-electron chi connectivity index (χ2n) is 7.37. The minimum absolute atomic E-state index is 0.208. The van der Waals surface area contributed by atoms with Crippen molar-refractivity contribution >= 4 is 11.6 Å². The van der Waals surface area contributed by atoms with Crippen molar-refractivity contribution in [1.29, 1.82) is 0 Å². The van der Waals surface area contributed by atoms with E-state index in [9.17, 15) is 9.18 Å². The number of rotatable bonds is 8. The van der Waals surface area contributed by atoms with Crippen molar-refractivity contribution in [3.05, 3.63) is 42.1 Å². The molecule has 1 aromatic heterocycles. The lowest BCUT2D eigenvalue weighted by atomic mass is 9.72.